The van der Waals surface area contributed by atoms with Crippen LogP contribution in [0.5, 0.6) is 0 Å². The Hall–Kier alpha value is -0.820. The predicted molar refractivity (Wildman–Crippen MR) is 80.1 cm³/mol. The summed E-state index contributed by atoms with van der Waals surface area (Å²) in [7, 11) is -3.22. The lowest BCUT2D eigenvalue weighted by Gasteiger charge is -2.32. The van der Waals surface area contributed by atoms with Crippen molar-refractivity contribution in [2.75, 3.05) is 12.8 Å². The predicted octanol–water partition coefficient (Wildman–Crippen LogP) is 1.87. The van der Waals surface area contributed by atoms with Crippen LogP contribution < -0.4 is 10.0 Å². The molecule has 2 N–H and O–H groups in total. The molecule has 0 saturated carbocycles. The van der Waals surface area contributed by atoms with Crippen molar-refractivity contribution < 1.29 is 17.9 Å². The van der Waals surface area contributed by atoms with Gasteiger partial charge in [0.15, 0.2) is 0 Å². The highest BCUT2D eigenvalue weighted by atomic mass is 32.2. The van der Waals surface area contributed by atoms with Crippen molar-refractivity contribution in [1.29, 1.82) is 0 Å². The fourth-order valence-electron chi connectivity index (χ4n) is 1.56. The van der Waals surface area contributed by atoms with E-state index < -0.39 is 21.7 Å². The maximum absolute atomic E-state index is 11.8. The van der Waals surface area contributed by atoms with Crippen molar-refractivity contribution in [1.82, 2.24) is 10.0 Å². The third-order valence-electron chi connectivity index (χ3n) is 2.53. The van der Waals surface area contributed by atoms with E-state index in [9.17, 15) is 13.2 Å². The molecular formula is C13H28N2O4S. The van der Waals surface area contributed by atoms with Gasteiger partial charge >= 0.3 is 6.09 Å². The Balaban J connectivity index is 4.56. The monoisotopic (exact) mass is 308 g/mol. The van der Waals surface area contributed by atoms with Crippen LogP contribution in [0, 0.1) is 5.41 Å². The third-order valence-corrected chi connectivity index (χ3v) is 3.26. The molecule has 0 radical (unpaired) electrons. The van der Waals surface area contributed by atoms with Crippen molar-refractivity contribution in [2.24, 2.45) is 5.41 Å². The van der Waals surface area contributed by atoms with Crippen LogP contribution in [0.15, 0.2) is 0 Å². The molecule has 20 heavy (non-hydrogen) atoms. The quantitative estimate of drug-likeness (QED) is 0.812. The zero-order valence-corrected chi connectivity index (χ0v) is 14.3. The highest BCUT2D eigenvalue weighted by molar-refractivity contribution is 7.88. The molecule has 0 aromatic heterocycles. The largest absolute Gasteiger partial charge is 0.444 e. The Morgan fingerprint density at radius 3 is 2.00 bits per heavy atom. The van der Waals surface area contributed by atoms with Crippen LogP contribution >= 0.6 is 0 Å². The van der Waals surface area contributed by atoms with Gasteiger partial charge in [-0.3, -0.25) is 0 Å². The summed E-state index contributed by atoms with van der Waals surface area (Å²) >= 11 is 0. The molecule has 0 saturated heterocycles. The molecule has 6 nitrogen and oxygen atoms in total. The highest BCUT2D eigenvalue weighted by Gasteiger charge is 2.28. The molecule has 0 fully saturated rings. The normalized spacial score (nSPS) is 14.8. The fraction of sp³-hybridized carbons (Fsp3) is 0.923. The first-order valence-corrected chi connectivity index (χ1v) is 8.54. The van der Waals surface area contributed by atoms with Gasteiger partial charge in [-0.1, -0.05) is 20.8 Å². The van der Waals surface area contributed by atoms with Crippen molar-refractivity contribution in [3.05, 3.63) is 0 Å². The molecule has 0 aliphatic heterocycles. The molecule has 1 atom stereocenters. The highest BCUT2D eigenvalue weighted by Crippen LogP contribution is 2.22. The van der Waals surface area contributed by atoms with E-state index in [1.165, 1.54) is 0 Å². The lowest BCUT2D eigenvalue weighted by molar-refractivity contribution is 0.0460. The molecule has 0 aliphatic carbocycles. The smallest absolute Gasteiger partial charge is 0.407 e. The minimum atomic E-state index is -3.22. The summed E-state index contributed by atoms with van der Waals surface area (Å²) in [6.07, 6.45) is 1.12. The van der Waals surface area contributed by atoms with E-state index >= 15 is 0 Å². The standard InChI is InChI=1S/C13H28N2O4S/c1-12(2,3)10(8-9-14-20(7,17)18)15-11(16)19-13(4,5)6/h10,14H,8-9H2,1-7H3,(H,15,16)/t10-/m0/s1. The number of rotatable bonds is 5. The Kier molecular flexibility index (Phi) is 6.48. The van der Waals surface area contributed by atoms with Crippen molar-refractivity contribution in [3.8, 4) is 0 Å². The van der Waals surface area contributed by atoms with E-state index in [-0.39, 0.29) is 18.0 Å². The number of sulfonamides is 1. The molecular weight excluding hydrogens is 280 g/mol. The first-order valence-electron chi connectivity index (χ1n) is 6.65. The van der Waals surface area contributed by atoms with Gasteiger partial charge in [0.2, 0.25) is 10.0 Å². The molecule has 0 heterocycles. The van der Waals surface area contributed by atoms with Crippen molar-refractivity contribution in [2.45, 2.75) is 59.6 Å². The minimum Gasteiger partial charge on any atom is -0.444 e. The second-order valence-electron chi connectivity index (χ2n) is 7.02. The van der Waals surface area contributed by atoms with Crippen LogP contribution in [-0.2, 0) is 14.8 Å². The number of hydrogen-bond acceptors (Lipinski definition) is 4. The van der Waals surface area contributed by atoms with Crippen LogP contribution in [-0.4, -0.2) is 39.0 Å². The van der Waals surface area contributed by atoms with E-state index in [0.29, 0.717) is 6.42 Å². The Morgan fingerprint density at radius 1 is 1.15 bits per heavy atom. The van der Waals surface area contributed by atoms with Gasteiger partial charge in [-0.05, 0) is 32.6 Å². The summed E-state index contributed by atoms with van der Waals surface area (Å²) in [5.74, 6) is 0. The first kappa shape index (κ1) is 19.2. The SMILES string of the molecule is CC(C)(C)OC(=O)N[C@@H](CCNS(C)(=O)=O)C(C)(C)C. The zero-order valence-electron chi connectivity index (χ0n) is 13.5. The molecule has 7 heteroatoms. The summed E-state index contributed by atoms with van der Waals surface area (Å²) < 4.78 is 29.7. The van der Waals surface area contributed by atoms with Gasteiger partial charge in [-0.2, -0.15) is 0 Å². The Labute approximate surface area is 122 Å². The van der Waals surface area contributed by atoms with Gasteiger partial charge in [0.05, 0.1) is 6.26 Å². The van der Waals surface area contributed by atoms with Gasteiger partial charge in [-0.25, -0.2) is 17.9 Å². The number of carbonyl (C=O) groups is 1. The van der Waals surface area contributed by atoms with Crippen molar-refractivity contribution in [3.63, 3.8) is 0 Å². The van der Waals surface area contributed by atoms with Crippen LogP contribution in [0.1, 0.15) is 48.0 Å². The van der Waals surface area contributed by atoms with E-state index in [0.717, 1.165) is 6.26 Å². The van der Waals surface area contributed by atoms with Crippen LogP contribution in [0.3, 0.4) is 0 Å². The minimum absolute atomic E-state index is 0.188. The van der Waals surface area contributed by atoms with Gasteiger partial charge in [0.1, 0.15) is 5.60 Å². The average molecular weight is 308 g/mol. The molecule has 0 unspecified atom stereocenters. The number of hydrogen-bond donors (Lipinski definition) is 2. The summed E-state index contributed by atoms with van der Waals surface area (Å²) in [5.41, 5.74) is -0.756. The Bertz CT molecular complexity index is 419. The van der Waals surface area contributed by atoms with Gasteiger partial charge < -0.3 is 10.1 Å². The molecule has 0 aromatic carbocycles. The van der Waals surface area contributed by atoms with Crippen LogP contribution in [0.2, 0.25) is 0 Å². The maximum atomic E-state index is 11.8. The van der Waals surface area contributed by atoms with Gasteiger partial charge in [0.25, 0.3) is 0 Å². The van der Waals surface area contributed by atoms with Gasteiger partial charge in [-0.15, -0.1) is 0 Å². The number of carbonyl (C=O) groups excluding carboxylic acids is 1. The topological polar surface area (TPSA) is 84.5 Å². The summed E-state index contributed by atoms with van der Waals surface area (Å²) in [5, 5.41) is 2.80. The van der Waals surface area contributed by atoms with Crippen molar-refractivity contribution >= 4 is 16.1 Å². The van der Waals surface area contributed by atoms with Crippen LogP contribution in [0.25, 0.3) is 0 Å². The lowest BCUT2D eigenvalue weighted by atomic mass is 9.85. The number of alkyl carbamates (subject to hydrolysis) is 1. The van der Waals surface area contributed by atoms with E-state index in [2.05, 4.69) is 10.0 Å². The fourth-order valence-corrected chi connectivity index (χ4v) is 2.05. The Morgan fingerprint density at radius 2 is 1.65 bits per heavy atom. The molecule has 0 rings (SSSR count). The van der Waals surface area contributed by atoms with Crippen LogP contribution in [0.4, 0.5) is 4.79 Å². The van der Waals surface area contributed by atoms with E-state index in [4.69, 9.17) is 4.74 Å². The second-order valence-corrected chi connectivity index (χ2v) is 8.85. The first-order chi connectivity index (χ1) is 8.71. The second kappa shape index (κ2) is 6.76. The maximum Gasteiger partial charge on any atom is 0.407 e. The average Bonchev–Trinajstić information content (AvgIpc) is 2.09. The summed E-state index contributed by atoms with van der Waals surface area (Å²) in [6.45, 7) is 11.6. The molecule has 1 amide bonds. The molecule has 0 bridgehead atoms. The van der Waals surface area contributed by atoms with E-state index in [1.807, 2.05) is 20.8 Å². The number of amides is 1. The summed E-state index contributed by atoms with van der Waals surface area (Å²) in [4.78, 5) is 11.8. The molecule has 0 aliphatic rings. The lowest BCUT2D eigenvalue weighted by Crippen LogP contribution is -2.47. The van der Waals surface area contributed by atoms with Gasteiger partial charge in [0, 0.05) is 12.6 Å². The molecule has 0 aromatic rings. The number of nitrogens with one attached hydrogen (secondary N) is 2. The summed E-state index contributed by atoms with van der Waals surface area (Å²) in [6, 6.07) is -0.188. The zero-order chi connectivity index (χ0) is 16.2. The number of ether oxygens (including phenoxy) is 1. The third kappa shape index (κ3) is 10.0. The molecule has 120 valence electrons. The molecule has 0 spiro atoms. The van der Waals surface area contributed by atoms with E-state index in [1.54, 1.807) is 20.8 Å².